The minimum absolute atomic E-state index is 0.00566. The molecule has 3 rings (SSSR count). The van der Waals surface area contributed by atoms with Gasteiger partial charge in [-0.15, -0.1) is 0 Å². The van der Waals surface area contributed by atoms with Crippen molar-refractivity contribution in [2.24, 2.45) is 5.92 Å². The van der Waals surface area contributed by atoms with Crippen molar-refractivity contribution in [2.75, 3.05) is 80.2 Å². The molecule has 1 fully saturated rings. The van der Waals surface area contributed by atoms with E-state index in [0.29, 0.717) is 50.5 Å². The van der Waals surface area contributed by atoms with Crippen LogP contribution >= 0.6 is 0 Å². The van der Waals surface area contributed by atoms with Crippen molar-refractivity contribution in [3.05, 3.63) is 23.4 Å². The van der Waals surface area contributed by atoms with Gasteiger partial charge in [0.1, 0.15) is 11.7 Å². The number of nitrogens with zero attached hydrogens (tertiary/aromatic N) is 5. The Kier molecular flexibility index (Phi) is 10.1. The van der Waals surface area contributed by atoms with Crippen LogP contribution in [0.3, 0.4) is 0 Å². The molecule has 2 amide bonds. The van der Waals surface area contributed by atoms with Gasteiger partial charge in [-0.2, -0.15) is 0 Å². The van der Waals surface area contributed by atoms with Gasteiger partial charge in [-0.1, -0.05) is 18.8 Å². The maximum atomic E-state index is 13.5. The molecule has 3 atom stereocenters. The molecule has 1 N–H and O–H groups in total. The fourth-order valence-electron chi connectivity index (χ4n) is 4.13. The zero-order valence-corrected chi connectivity index (χ0v) is 22.1. The summed E-state index contributed by atoms with van der Waals surface area (Å²) in [4.78, 5) is 38.2. The van der Waals surface area contributed by atoms with Crippen LogP contribution in [0.2, 0.25) is 0 Å². The maximum absolute atomic E-state index is 13.5. The van der Waals surface area contributed by atoms with Gasteiger partial charge in [0.25, 0.3) is 5.91 Å². The van der Waals surface area contributed by atoms with E-state index in [2.05, 4.69) is 21.7 Å². The second-order valence-corrected chi connectivity index (χ2v) is 9.90. The van der Waals surface area contributed by atoms with Gasteiger partial charge in [-0.25, -0.2) is 4.98 Å². The Balaban J connectivity index is 1.83. The predicted molar refractivity (Wildman–Crippen MR) is 136 cm³/mol. The fourth-order valence-corrected chi connectivity index (χ4v) is 4.13. The topological polar surface area (TPSA) is 98.7 Å². The van der Waals surface area contributed by atoms with E-state index in [9.17, 15) is 14.7 Å². The van der Waals surface area contributed by atoms with Crippen molar-refractivity contribution in [3.8, 4) is 17.7 Å². The summed E-state index contributed by atoms with van der Waals surface area (Å²) in [6.45, 7) is 8.04. The Labute approximate surface area is 214 Å². The lowest BCUT2D eigenvalue weighted by Crippen LogP contribution is -2.51. The van der Waals surface area contributed by atoms with Gasteiger partial charge in [0.15, 0.2) is 0 Å². The molecule has 0 radical (unpaired) electrons. The van der Waals surface area contributed by atoms with Gasteiger partial charge < -0.3 is 24.4 Å². The van der Waals surface area contributed by atoms with Crippen LogP contribution in [0.5, 0.6) is 5.88 Å². The number of likely N-dealkylation sites (N-methyl/N-ethyl adjacent to an activating group) is 1. The van der Waals surface area contributed by atoms with Gasteiger partial charge in [-0.05, 0) is 27.1 Å². The fraction of sp³-hybridized carbons (Fsp3) is 0.654. The van der Waals surface area contributed by atoms with Gasteiger partial charge in [-0.3, -0.25) is 19.4 Å². The maximum Gasteiger partial charge on any atom is 0.259 e. The number of aliphatic hydroxyl groups is 1. The highest BCUT2D eigenvalue weighted by atomic mass is 16.5. The quantitative estimate of drug-likeness (QED) is 0.522. The van der Waals surface area contributed by atoms with Crippen LogP contribution in [-0.4, -0.2) is 134 Å². The first-order valence-electron chi connectivity index (χ1n) is 12.5. The molecule has 36 heavy (non-hydrogen) atoms. The highest BCUT2D eigenvalue weighted by Crippen LogP contribution is 2.27. The average molecular weight is 502 g/mol. The molecule has 3 heterocycles. The lowest BCUT2D eigenvalue weighted by molar-refractivity contribution is -0.133. The number of pyridine rings is 1. The van der Waals surface area contributed by atoms with Gasteiger partial charge in [0.05, 0.1) is 45.5 Å². The van der Waals surface area contributed by atoms with Crippen LogP contribution < -0.4 is 4.74 Å². The number of carbonyl (C=O) groups is 2. The molecule has 10 nitrogen and oxygen atoms in total. The molecule has 2 aliphatic rings. The van der Waals surface area contributed by atoms with Crippen molar-refractivity contribution in [1.29, 1.82) is 0 Å². The molecular weight excluding hydrogens is 462 g/mol. The number of fused-ring (bicyclic) bond motifs is 1. The Bertz CT molecular complexity index is 969. The standard InChI is InChI=1S/C26H39N5O5/c1-19-15-31(20(2)18-32)26(34)22-13-21(7-6-8-28(3)4)14-27-25(22)36-23(19)16-29(5)24(33)17-30-9-11-35-12-10-30/h13-14,19-20,23,32H,8-12,15-18H2,1-5H3/t19-,20+,23+/m1/s1. The molecule has 1 saturated heterocycles. The molecule has 10 heteroatoms. The summed E-state index contributed by atoms with van der Waals surface area (Å²) in [7, 11) is 5.64. The number of morpholine rings is 1. The summed E-state index contributed by atoms with van der Waals surface area (Å²) < 4.78 is 11.7. The second-order valence-electron chi connectivity index (χ2n) is 9.90. The normalized spacial score (nSPS) is 21.5. The van der Waals surface area contributed by atoms with E-state index in [1.807, 2.05) is 32.8 Å². The highest BCUT2D eigenvalue weighted by molar-refractivity contribution is 5.97. The van der Waals surface area contributed by atoms with Crippen LogP contribution in [0.1, 0.15) is 29.8 Å². The van der Waals surface area contributed by atoms with Crippen LogP contribution in [0.4, 0.5) is 0 Å². The van der Waals surface area contributed by atoms with Crippen LogP contribution in [-0.2, 0) is 9.53 Å². The third kappa shape index (κ3) is 7.40. The van der Waals surface area contributed by atoms with Gasteiger partial charge in [0, 0.05) is 44.4 Å². The number of amides is 2. The summed E-state index contributed by atoms with van der Waals surface area (Å²) in [6.07, 6.45) is 1.22. The molecule has 0 aliphatic carbocycles. The smallest absolute Gasteiger partial charge is 0.259 e. The van der Waals surface area contributed by atoms with E-state index in [0.717, 1.165) is 13.1 Å². The monoisotopic (exact) mass is 501 g/mol. The Morgan fingerprint density at radius 1 is 1.31 bits per heavy atom. The molecule has 1 aromatic rings. The highest BCUT2D eigenvalue weighted by Gasteiger charge is 2.34. The Morgan fingerprint density at radius 3 is 2.69 bits per heavy atom. The minimum atomic E-state index is -0.387. The Morgan fingerprint density at radius 2 is 2.03 bits per heavy atom. The van der Waals surface area contributed by atoms with E-state index in [-0.39, 0.29) is 42.4 Å². The van der Waals surface area contributed by atoms with Crippen molar-refractivity contribution >= 4 is 11.8 Å². The van der Waals surface area contributed by atoms with E-state index in [1.165, 1.54) is 0 Å². The molecule has 0 spiro atoms. The lowest BCUT2D eigenvalue weighted by Gasteiger charge is -2.38. The molecule has 0 aromatic carbocycles. The van der Waals surface area contributed by atoms with Crippen molar-refractivity contribution in [2.45, 2.75) is 26.0 Å². The van der Waals surface area contributed by atoms with E-state index < -0.39 is 0 Å². The first-order valence-corrected chi connectivity index (χ1v) is 12.5. The number of hydrogen-bond donors (Lipinski definition) is 1. The summed E-state index contributed by atoms with van der Waals surface area (Å²) in [5, 5.41) is 9.83. The van der Waals surface area contributed by atoms with Crippen molar-refractivity contribution in [1.82, 2.24) is 24.6 Å². The number of aromatic nitrogens is 1. The summed E-state index contributed by atoms with van der Waals surface area (Å²) in [5.41, 5.74) is 0.929. The van der Waals surface area contributed by atoms with E-state index in [1.54, 1.807) is 29.1 Å². The lowest BCUT2D eigenvalue weighted by atomic mass is 10.00. The third-order valence-electron chi connectivity index (χ3n) is 6.49. The molecule has 2 aliphatic heterocycles. The first kappa shape index (κ1) is 27.9. The number of ether oxygens (including phenoxy) is 2. The van der Waals surface area contributed by atoms with Crippen LogP contribution in [0, 0.1) is 17.8 Å². The number of aliphatic hydroxyl groups excluding tert-OH is 1. The molecule has 0 bridgehead atoms. The largest absolute Gasteiger partial charge is 0.472 e. The minimum Gasteiger partial charge on any atom is -0.472 e. The summed E-state index contributed by atoms with van der Waals surface area (Å²) >= 11 is 0. The number of hydrogen-bond acceptors (Lipinski definition) is 8. The number of carbonyl (C=O) groups excluding carboxylic acids is 2. The van der Waals surface area contributed by atoms with Gasteiger partial charge >= 0.3 is 0 Å². The first-order chi connectivity index (χ1) is 17.2. The predicted octanol–water partition coefficient (Wildman–Crippen LogP) is 0.00540. The van der Waals surface area contributed by atoms with Crippen LogP contribution in [0.15, 0.2) is 12.3 Å². The molecular formula is C26H39N5O5. The number of rotatable bonds is 7. The van der Waals surface area contributed by atoms with Crippen LogP contribution in [0.25, 0.3) is 0 Å². The zero-order valence-electron chi connectivity index (χ0n) is 22.1. The van der Waals surface area contributed by atoms with E-state index >= 15 is 0 Å². The third-order valence-corrected chi connectivity index (χ3v) is 6.49. The summed E-state index contributed by atoms with van der Waals surface area (Å²) in [5.74, 6) is 5.98. The average Bonchev–Trinajstić information content (AvgIpc) is 2.86. The molecule has 0 unspecified atom stereocenters. The van der Waals surface area contributed by atoms with Crippen molar-refractivity contribution < 1.29 is 24.2 Å². The SMILES string of the molecule is C[C@@H]1CN([C@@H](C)CO)C(=O)c2cc(C#CCN(C)C)cnc2O[C@H]1CN(C)C(=O)CN1CCOCC1. The van der Waals surface area contributed by atoms with Gasteiger partial charge in [0.2, 0.25) is 11.8 Å². The zero-order chi connectivity index (χ0) is 26.2. The van der Waals surface area contributed by atoms with Crippen molar-refractivity contribution in [3.63, 3.8) is 0 Å². The Hall–Kier alpha value is -2.71. The molecule has 1 aromatic heterocycles. The molecule has 198 valence electrons. The second kappa shape index (κ2) is 13.0. The molecule has 0 saturated carbocycles. The van der Waals surface area contributed by atoms with E-state index in [4.69, 9.17) is 9.47 Å². The summed E-state index contributed by atoms with van der Waals surface area (Å²) in [6, 6.07) is 1.32.